The Morgan fingerprint density at radius 1 is 1.17 bits per heavy atom. The van der Waals surface area contributed by atoms with Crippen LogP contribution >= 0.6 is 11.3 Å². The summed E-state index contributed by atoms with van der Waals surface area (Å²) in [7, 11) is 3.25. The fourth-order valence-electron chi connectivity index (χ4n) is 1.87. The zero-order valence-corrected chi connectivity index (χ0v) is 10.9. The van der Waals surface area contributed by atoms with E-state index in [0.717, 1.165) is 22.4 Å². The molecule has 2 aromatic heterocycles. The summed E-state index contributed by atoms with van der Waals surface area (Å²) >= 11 is 1.65. The first kappa shape index (κ1) is 11.1. The van der Waals surface area contributed by atoms with Crippen LogP contribution in [0.2, 0.25) is 0 Å². The summed E-state index contributed by atoms with van der Waals surface area (Å²) in [5, 5.41) is 4.09. The molecule has 0 bridgehead atoms. The zero-order valence-electron chi connectivity index (χ0n) is 10.1. The predicted molar refractivity (Wildman–Crippen MR) is 72.5 cm³/mol. The highest BCUT2D eigenvalue weighted by molar-refractivity contribution is 7.08. The second-order valence-corrected chi connectivity index (χ2v) is 4.60. The van der Waals surface area contributed by atoms with Crippen molar-refractivity contribution in [3.8, 4) is 22.9 Å². The van der Waals surface area contributed by atoms with Crippen LogP contribution < -0.4 is 9.47 Å². The molecule has 5 heteroatoms. The highest BCUT2D eigenvalue weighted by Crippen LogP contribution is 2.32. The number of H-pyrrole nitrogens is 1. The Balaban J connectivity index is 2.17. The number of aromatic amines is 1. The summed E-state index contributed by atoms with van der Waals surface area (Å²) < 4.78 is 10.5. The molecule has 1 N–H and O–H groups in total. The number of rotatable bonds is 3. The van der Waals surface area contributed by atoms with Crippen LogP contribution in [0.15, 0.2) is 29.0 Å². The number of methoxy groups -OCH3 is 2. The van der Waals surface area contributed by atoms with Gasteiger partial charge in [0.15, 0.2) is 11.5 Å². The predicted octanol–water partition coefficient (Wildman–Crippen LogP) is 3.31. The van der Waals surface area contributed by atoms with Crippen LogP contribution in [-0.4, -0.2) is 24.2 Å². The van der Waals surface area contributed by atoms with Gasteiger partial charge in [-0.2, -0.15) is 11.3 Å². The second-order valence-electron chi connectivity index (χ2n) is 3.82. The number of thiophene rings is 1. The van der Waals surface area contributed by atoms with Crippen molar-refractivity contribution in [2.75, 3.05) is 14.2 Å². The van der Waals surface area contributed by atoms with E-state index < -0.39 is 0 Å². The Bertz CT molecular complexity index is 633. The van der Waals surface area contributed by atoms with Gasteiger partial charge in [0.05, 0.1) is 25.3 Å². The first-order chi connectivity index (χ1) is 8.81. The highest BCUT2D eigenvalue weighted by atomic mass is 32.1. The average molecular weight is 260 g/mol. The Labute approximate surface area is 108 Å². The van der Waals surface area contributed by atoms with E-state index in [1.54, 1.807) is 25.6 Å². The van der Waals surface area contributed by atoms with E-state index in [-0.39, 0.29) is 0 Å². The van der Waals surface area contributed by atoms with Gasteiger partial charge in [-0.3, -0.25) is 0 Å². The average Bonchev–Trinajstić information content (AvgIpc) is 3.04. The third-order valence-electron chi connectivity index (χ3n) is 2.78. The number of fused-ring (bicyclic) bond motifs is 1. The maximum Gasteiger partial charge on any atom is 0.163 e. The number of benzene rings is 1. The van der Waals surface area contributed by atoms with E-state index in [1.165, 1.54) is 0 Å². The summed E-state index contributed by atoms with van der Waals surface area (Å²) in [6.45, 7) is 0. The summed E-state index contributed by atoms with van der Waals surface area (Å²) in [5.41, 5.74) is 2.90. The topological polar surface area (TPSA) is 47.1 Å². The van der Waals surface area contributed by atoms with Crippen LogP contribution in [-0.2, 0) is 0 Å². The molecule has 3 rings (SSSR count). The largest absolute Gasteiger partial charge is 0.493 e. The lowest BCUT2D eigenvalue weighted by Gasteiger charge is -2.06. The lowest BCUT2D eigenvalue weighted by molar-refractivity contribution is 0.356. The van der Waals surface area contributed by atoms with Gasteiger partial charge in [0.25, 0.3) is 0 Å². The minimum Gasteiger partial charge on any atom is -0.493 e. The Morgan fingerprint density at radius 3 is 2.61 bits per heavy atom. The SMILES string of the molecule is COc1cc2nc(-c3ccsc3)[nH]c2cc1OC. The monoisotopic (exact) mass is 260 g/mol. The summed E-state index contributed by atoms with van der Waals surface area (Å²) in [6, 6.07) is 5.81. The molecular weight excluding hydrogens is 248 g/mol. The molecule has 18 heavy (non-hydrogen) atoms. The van der Waals surface area contributed by atoms with Crippen LogP contribution in [0.25, 0.3) is 22.4 Å². The fraction of sp³-hybridized carbons (Fsp3) is 0.154. The van der Waals surface area contributed by atoms with Crippen molar-refractivity contribution in [1.29, 1.82) is 0 Å². The Morgan fingerprint density at radius 2 is 1.94 bits per heavy atom. The van der Waals surface area contributed by atoms with Crippen molar-refractivity contribution in [2.45, 2.75) is 0 Å². The van der Waals surface area contributed by atoms with Gasteiger partial charge in [0.2, 0.25) is 0 Å². The highest BCUT2D eigenvalue weighted by Gasteiger charge is 2.10. The van der Waals surface area contributed by atoms with Gasteiger partial charge in [0, 0.05) is 23.1 Å². The quantitative estimate of drug-likeness (QED) is 0.786. The molecule has 0 spiro atoms. The summed E-state index contributed by atoms with van der Waals surface area (Å²) in [6.07, 6.45) is 0. The molecular formula is C13H12N2O2S. The molecule has 0 saturated carbocycles. The van der Waals surface area contributed by atoms with E-state index in [0.29, 0.717) is 11.5 Å². The van der Waals surface area contributed by atoms with Crippen molar-refractivity contribution in [2.24, 2.45) is 0 Å². The van der Waals surface area contributed by atoms with E-state index in [9.17, 15) is 0 Å². The van der Waals surface area contributed by atoms with Gasteiger partial charge >= 0.3 is 0 Å². The standard InChI is InChI=1S/C13H12N2O2S/c1-16-11-5-9-10(6-12(11)17-2)15-13(14-9)8-3-4-18-7-8/h3-7H,1-2H3,(H,14,15). The third-order valence-corrected chi connectivity index (χ3v) is 3.47. The van der Waals surface area contributed by atoms with Gasteiger partial charge < -0.3 is 14.5 Å². The Kier molecular flexibility index (Phi) is 2.68. The molecule has 0 fully saturated rings. The van der Waals surface area contributed by atoms with Crippen molar-refractivity contribution in [3.05, 3.63) is 29.0 Å². The summed E-state index contributed by atoms with van der Waals surface area (Å²) in [5.74, 6) is 2.25. The number of nitrogens with one attached hydrogen (secondary N) is 1. The molecule has 0 aliphatic rings. The second kappa shape index (κ2) is 4.34. The molecule has 0 radical (unpaired) electrons. The van der Waals surface area contributed by atoms with Gasteiger partial charge in [-0.15, -0.1) is 0 Å². The van der Waals surface area contributed by atoms with E-state index in [4.69, 9.17) is 9.47 Å². The fourth-order valence-corrected chi connectivity index (χ4v) is 2.51. The van der Waals surface area contributed by atoms with Crippen molar-refractivity contribution in [1.82, 2.24) is 9.97 Å². The molecule has 3 aromatic rings. The van der Waals surface area contributed by atoms with E-state index in [2.05, 4.69) is 15.3 Å². The molecule has 4 nitrogen and oxygen atoms in total. The first-order valence-electron chi connectivity index (χ1n) is 5.46. The molecule has 0 saturated heterocycles. The lowest BCUT2D eigenvalue weighted by atomic mass is 10.3. The molecule has 0 aliphatic heterocycles. The minimum atomic E-state index is 0.688. The van der Waals surface area contributed by atoms with Crippen molar-refractivity contribution in [3.63, 3.8) is 0 Å². The number of imidazole rings is 1. The molecule has 92 valence electrons. The van der Waals surface area contributed by atoms with Crippen LogP contribution in [0, 0.1) is 0 Å². The minimum absolute atomic E-state index is 0.688. The molecule has 2 heterocycles. The van der Waals surface area contributed by atoms with Gasteiger partial charge in [-0.05, 0) is 11.4 Å². The van der Waals surface area contributed by atoms with Crippen LogP contribution in [0.5, 0.6) is 11.5 Å². The number of aromatic nitrogens is 2. The van der Waals surface area contributed by atoms with E-state index in [1.807, 2.05) is 23.6 Å². The van der Waals surface area contributed by atoms with Crippen molar-refractivity contribution < 1.29 is 9.47 Å². The summed E-state index contributed by atoms with van der Waals surface area (Å²) in [4.78, 5) is 7.84. The lowest BCUT2D eigenvalue weighted by Crippen LogP contribution is -1.89. The molecule has 0 aliphatic carbocycles. The van der Waals surface area contributed by atoms with Gasteiger partial charge in [0.1, 0.15) is 5.82 Å². The molecule has 0 atom stereocenters. The maximum atomic E-state index is 5.27. The number of hydrogen-bond acceptors (Lipinski definition) is 4. The Hall–Kier alpha value is -2.01. The number of hydrogen-bond donors (Lipinski definition) is 1. The van der Waals surface area contributed by atoms with Crippen LogP contribution in [0.3, 0.4) is 0 Å². The molecule has 0 amide bonds. The van der Waals surface area contributed by atoms with Crippen molar-refractivity contribution >= 4 is 22.4 Å². The molecule has 0 unspecified atom stereocenters. The van der Waals surface area contributed by atoms with Crippen LogP contribution in [0.1, 0.15) is 0 Å². The van der Waals surface area contributed by atoms with E-state index >= 15 is 0 Å². The maximum absolute atomic E-state index is 5.27. The normalized spacial score (nSPS) is 10.8. The smallest absolute Gasteiger partial charge is 0.163 e. The third kappa shape index (κ3) is 1.73. The van der Waals surface area contributed by atoms with Gasteiger partial charge in [-0.25, -0.2) is 4.98 Å². The number of nitrogens with zero attached hydrogens (tertiary/aromatic N) is 1. The zero-order chi connectivity index (χ0) is 12.5. The molecule has 1 aromatic carbocycles. The number of ether oxygens (including phenoxy) is 2. The van der Waals surface area contributed by atoms with Gasteiger partial charge in [-0.1, -0.05) is 0 Å². The first-order valence-corrected chi connectivity index (χ1v) is 6.40. The van der Waals surface area contributed by atoms with Crippen LogP contribution in [0.4, 0.5) is 0 Å².